The maximum absolute atomic E-state index is 10.9. The standard InChI is InChI=1S/C15H16BrNO4/c1-19-13-10(16)8-11-14(21-7-3-6-20-11)12(13)15(17-9-18)4-2-5-15/h8H,2-7H2,1H3. The molecular formula is C15H16BrNO4. The van der Waals surface area contributed by atoms with E-state index in [1.807, 2.05) is 6.07 Å². The molecule has 2 aliphatic rings. The fourth-order valence-corrected chi connectivity index (χ4v) is 3.46. The summed E-state index contributed by atoms with van der Waals surface area (Å²) in [6.45, 7) is 1.18. The summed E-state index contributed by atoms with van der Waals surface area (Å²) in [5.74, 6) is 1.96. The van der Waals surface area contributed by atoms with E-state index in [0.717, 1.165) is 35.7 Å². The molecule has 1 fully saturated rings. The van der Waals surface area contributed by atoms with Crippen LogP contribution in [0.15, 0.2) is 15.5 Å². The lowest BCUT2D eigenvalue weighted by atomic mass is 9.71. The Bertz CT molecular complexity index is 606. The van der Waals surface area contributed by atoms with Crippen LogP contribution >= 0.6 is 15.9 Å². The molecule has 0 amide bonds. The Morgan fingerprint density at radius 1 is 1.33 bits per heavy atom. The van der Waals surface area contributed by atoms with Crippen LogP contribution in [0.4, 0.5) is 0 Å². The summed E-state index contributed by atoms with van der Waals surface area (Å²) in [7, 11) is 1.60. The normalized spacial score (nSPS) is 19.0. The first-order valence-corrected chi connectivity index (χ1v) is 7.77. The van der Waals surface area contributed by atoms with Crippen molar-refractivity contribution >= 4 is 22.0 Å². The molecule has 0 radical (unpaired) electrons. The molecule has 1 saturated carbocycles. The van der Waals surface area contributed by atoms with Crippen molar-refractivity contribution in [3.05, 3.63) is 16.1 Å². The lowest BCUT2D eigenvalue weighted by molar-refractivity contribution is 0.228. The second kappa shape index (κ2) is 5.70. The van der Waals surface area contributed by atoms with E-state index in [9.17, 15) is 4.79 Å². The number of rotatable bonds is 3. The number of nitrogens with zero attached hydrogens (tertiary/aromatic N) is 1. The van der Waals surface area contributed by atoms with Crippen molar-refractivity contribution in [1.29, 1.82) is 0 Å². The van der Waals surface area contributed by atoms with Crippen molar-refractivity contribution in [2.45, 2.75) is 31.2 Å². The first kappa shape index (κ1) is 14.4. The molecule has 5 nitrogen and oxygen atoms in total. The smallest absolute Gasteiger partial charge is 0.235 e. The number of isocyanates is 1. The van der Waals surface area contributed by atoms with Crippen LogP contribution in [0.2, 0.25) is 0 Å². The molecule has 0 N–H and O–H groups in total. The van der Waals surface area contributed by atoms with Gasteiger partial charge in [0.05, 0.1) is 30.4 Å². The summed E-state index contributed by atoms with van der Waals surface area (Å²) < 4.78 is 18.0. The van der Waals surface area contributed by atoms with Crippen molar-refractivity contribution in [3.8, 4) is 17.2 Å². The van der Waals surface area contributed by atoms with Gasteiger partial charge in [0, 0.05) is 12.5 Å². The van der Waals surface area contributed by atoms with E-state index < -0.39 is 5.54 Å². The van der Waals surface area contributed by atoms with Crippen LogP contribution < -0.4 is 14.2 Å². The highest BCUT2D eigenvalue weighted by Crippen LogP contribution is 2.56. The van der Waals surface area contributed by atoms with Crippen LogP contribution in [0.1, 0.15) is 31.2 Å². The Labute approximate surface area is 131 Å². The summed E-state index contributed by atoms with van der Waals surface area (Å²) in [6.07, 6.45) is 5.10. The maximum atomic E-state index is 10.9. The average molecular weight is 354 g/mol. The zero-order chi connectivity index (χ0) is 14.9. The molecule has 0 atom stereocenters. The minimum Gasteiger partial charge on any atom is -0.495 e. The lowest BCUT2D eigenvalue weighted by Crippen LogP contribution is -2.33. The van der Waals surface area contributed by atoms with E-state index in [0.29, 0.717) is 30.5 Å². The molecule has 21 heavy (non-hydrogen) atoms. The molecule has 6 heteroatoms. The number of carbonyl (C=O) groups excluding carboxylic acids is 1. The second-order valence-electron chi connectivity index (χ2n) is 5.23. The van der Waals surface area contributed by atoms with E-state index >= 15 is 0 Å². The Morgan fingerprint density at radius 2 is 2.10 bits per heavy atom. The van der Waals surface area contributed by atoms with Crippen LogP contribution in [0.5, 0.6) is 17.2 Å². The van der Waals surface area contributed by atoms with Crippen molar-refractivity contribution in [2.75, 3.05) is 20.3 Å². The van der Waals surface area contributed by atoms with Gasteiger partial charge in [-0.05, 0) is 35.2 Å². The van der Waals surface area contributed by atoms with Gasteiger partial charge >= 0.3 is 0 Å². The summed E-state index contributed by atoms with van der Waals surface area (Å²) >= 11 is 3.51. The number of fused-ring (bicyclic) bond motifs is 1. The van der Waals surface area contributed by atoms with Crippen LogP contribution in [0, 0.1) is 0 Å². The van der Waals surface area contributed by atoms with E-state index in [-0.39, 0.29) is 0 Å². The summed E-state index contributed by atoms with van der Waals surface area (Å²) in [5, 5.41) is 0. The summed E-state index contributed by atoms with van der Waals surface area (Å²) in [6, 6.07) is 1.85. The molecule has 1 aromatic rings. The molecular weight excluding hydrogens is 338 g/mol. The van der Waals surface area contributed by atoms with Gasteiger partial charge in [-0.15, -0.1) is 0 Å². The maximum Gasteiger partial charge on any atom is 0.235 e. The number of aliphatic imine (C=N–C) groups is 1. The lowest BCUT2D eigenvalue weighted by Gasteiger charge is -2.39. The highest BCUT2D eigenvalue weighted by molar-refractivity contribution is 9.10. The predicted molar refractivity (Wildman–Crippen MR) is 80.0 cm³/mol. The Hall–Kier alpha value is -1.52. The van der Waals surface area contributed by atoms with Gasteiger partial charge in [0.15, 0.2) is 11.5 Å². The van der Waals surface area contributed by atoms with Gasteiger partial charge < -0.3 is 14.2 Å². The predicted octanol–water partition coefficient (Wildman–Crippen LogP) is 3.33. The molecule has 0 saturated heterocycles. The second-order valence-corrected chi connectivity index (χ2v) is 6.09. The molecule has 1 aromatic carbocycles. The zero-order valence-electron chi connectivity index (χ0n) is 11.8. The Balaban J connectivity index is 2.25. The number of hydrogen-bond acceptors (Lipinski definition) is 5. The van der Waals surface area contributed by atoms with Crippen LogP contribution in [0.3, 0.4) is 0 Å². The van der Waals surface area contributed by atoms with Gasteiger partial charge in [0.2, 0.25) is 6.08 Å². The van der Waals surface area contributed by atoms with Crippen molar-refractivity contribution in [2.24, 2.45) is 4.99 Å². The number of hydrogen-bond donors (Lipinski definition) is 0. The summed E-state index contributed by atoms with van der Waals surface area (Å²) in [4.78, 5) is 15.0. The van der Waals surface area contributed by atoms with Crippen LogP contribution in [-0.2, 0) is 10.3 Å². The van der Waals surface area contributed by atoms with E-state index in [4.69, 9.17) is 14.2 Å². The first-order valence-electron chi connectivity index (χ1n) is 6.97. The van der Waals surface area contributed by atoms with Crippen LogP contribution in [0.25, 0.3) is 0 Å². The zero-order valence-corrected chi connectivity index (χ0v) is 13.4. The Kier molecular flexibility index (Phi) is 3.91. The average Bonchev–Trinajstić information content (AvgIpc) is 2.66. The first-order chi connectivity index (χ1) is 10.2. The molecule has 1 aliphatic carbocycles. The van der Waals surface area contributed by atoms with Gasteiger partial charge in [-0.3, -0.25) is 0 Å². The number of benzene rings is 1. The molecule has 0 bridgehead atoms. The molecule has 1 aliphatic heterocycles. The number of ether oxygens (including phenoxy) is 3. The van der Waals surface area contributed by atoms with Crippen molar-refractivity contribution < 1.29 is 19.0 Å². The topological polar surface area (TPSA) is 57.1 Å². The third kappa shape index (κ3) is 2.32. The monoisotopic (exact) mass is 353 g/mol. The van der Waals surface area contributed by atoms with Crippen molar-refractivity contribution in [1.82, 2.24) is 0 Å². The minimum absolute atomic E-state index is 0.575. The third-order valence-electron chi connectivity index (χ3n) is 4.06. The molecule has 0 aromatic heterocycles. The molecule has 3 rings (SSSR count). The van der Waals surface area contributed by atoms with E-state index in [1.165, 1.54) is 0 Å². The molecule has 112 valence electrons. The van der Waals surface area contributed by atoms with Gasteiger partial charge in [0.1, 0.15) is 11.3 Å². The van der Waals surface area contributed by atoms with Gasteiger partial charge in [-0.25, -0.2) is 4.79 Å². The SMILES string of the molecule is COc1c(Br)cc2c(c1C1(N=C=O)CCC1)OCCCO2. The third-order valence-corrected chi connectivity index (χ3v) is 4.64. The quantitative estimate of drug-likeness (QED) is 0.617. The number of methoxy groups -OCH3 is 1. The largest absolute Gasteiger partial charge is 0.495 e. The van der Waals surface area contributed by atoms with E-state index in [1.54, 1.807) is 13.2 Å². The molecule has 1 heterocycles. The highest BCUT2D eigenvalue weighted by Gasteiger charge is 2.45. The van der Waals surface area contributed by atoms with Gasteiger partial charge in [0.25, 0.3) is 0 Å². The molecule has 0 unspecified atom stereocenters. The van der Waals surface area contributed by atoms with Crippen molar-refractivity contribution in [3.63, 3.8) is 0 Å². The molecule has 0 spiro atoms. The minimum atomic E-state index is -0.603. The van der Waals surface area contributed by atoms with Gasteiger partial charge in [-0.2, -0.15) is 4.99 Å². The van der Waals surface area contributed by atoms with E-state index in [2.05, 4.69) is 20.9 Å². The Morgan fingerprint density at radius 3 is 2.71 bits per heavy atom. The van der Waals surface area contributed by atoms with Gasteiger partial charge in [-0.1, -0.05) is 0 Å². The number of halogens is 1. The fraction of sp³-hybridized carbons (Fsp3) is 0.533. The fourth-order valence-electron chi connectivity index (χ4n) is 2.90. The summed E-state index contributed by atoms with van der Waals surface area (Å²) in [5.41, 5.74) is 0.195. The highest BCUT2D eigenvalue weighted by atomic mass is 79.9. The van der Waals surface area contributed by atoms with Crippen LogP contribution in [-0.4, -0.2) is 26.4 Å².